The molecule has 5 nitrogen and oxygen atoms in total. The first-order valence-electron chi connectivity index (χ1n) is 5.88. The van der Waals surface area contributed by atoms with Crippen LogP contribution in [0.4, 0.5) is 5.69 Å². The summed E-state index contributed by atoms with van der Waals surface area (Å²) in [5, 5.41) is 8.01. The SMILES string of the molecule is CN(c1cccc(Cl)c1C(=N)N)C1CCS(=O)(=O)C1. The van der Waals surface area contributed by atoms with Gasteiger partial charge in [0.1, 0.15) is 5.84 Å². The summed E-state index contributed by atoms with van der Waals surface area (Å²) < 4.78 is 23.1. The van der Waals surface area contributed by atoms with E-state index in [0.29, 0.717) is 22.7 Å². The van der Waals surface area contributed by atoms with E-state index in [2.05, 4.69) is 0 Å². The number of nitrogens with two attached hydrogens (primary N) is 1. The Bertz CT molecular complexity index is 615. The first kappa shape index (κ1) is 14.1. The molecule has 1 aliphatic rings. The molecule has 104 valence electrons. The van der Waals surface area contributed by atoms with Gasteiger partial charge in [-0.25, -0.2) is 8.42 Å². The van der Waals surface area contributed by atoms with Gasteiger partial charge in [0.2, 0.25) is 0 Å². The molecule has 0 amide bonds. The number of halogens is 1. The lowest BCUT2D eigenvalue weighted by Crippen LogP contribution is -2.34. The molecule has 1 aromatic carbocycles. The van der Waals surface area contributed by atoms with Crippen molar-refractivity contribution in [2.45, 2.75) is 12.5 Å². The van der Waals surface area contributed by atoms with Gasteiger partial charge in [0.25, 0.3) is 0 Å². The van der Waals surface area contributed by atoms with Crippen molar-refractivity contribution in [1.29, 1.82) is 5.41 Å². The molecule has 1 atom stereocenters. The fourth-order valence-electron chi connectivity index (χ4n) is 2.35. The lowest BCUT2D eigenvalue weighted by atomic mass is 10.1. The van der Waals surface area contributed by atoms with Crippen molar-refractivity contribution in [2.24, 2.45) is 5.73 Å². The van der Waals surface area contributed by atoms with Gasteiger partial charge in [-0.2, -0.15) is 0 Å². The minimum Gasteiger partial charge on any atom is -0.384 e. The number of rotatable bonds is 3. The van der Waals surface area contributed by atoms with E-state index in [-0.39, 0.29) is 23.4 Å². The summed E-state index contributed by atoms with van der Waals surface area (Å²) in [6.45, 7) is 0. The number of benzene rings is 1. The fourth-order valence-corrected chi connectivity index (χ4v) is 4.40. The highest BCUT2D eigenvalue weighted by atomic mass is 35.5. The number of nitrogens with one attached hydrogen (secondary N) is 1. The van der Waals surface area contributed by atoms with Gasteiger partial charge in [-0.05, 0) is 18.6 Å². The third kappa shape index (κ3) is 2.84. The highest BCUT2D eigenvalue weighted by Crippen LogP contribution is 2.30. The average molecular weight is 302 g/mol. The Morgan fingerprint density at radius 2 is 2.21 bits per heavy atom. The number of hydrogen-bond acceptors (Lipinski definition) is 4. The van der Waals surface area contributed by atoms with Crippen LogP contribution >= 0.6 is 11.6 Å². The minimum atomic E-state index is -2.95. The quantitative estimate of drug-likeness (QED) is 0.650. The smallest absolute Gasteiger partial charge is 0.152 e. The molecule has 0 saturated carbocycles. The third-order valence-corrected chi connectivity index (χ3v) is 5.46. The molecule has 1 fully saturated rings. The zero-order valence-electron chi connectivity index (χ0n) is 10.6. The van der Waals surface area contributed by atoms with Crippen LogP contribution in [0.25, 0.3) is 0 Å². The first-order chi connectivity index (χ1) is 8.82. The van der Waals surface area contributed by atoms with E-state index >= 15 is 0 Å². The van der Waals surface area contributed by atoms with Crippen LogP contribution in [0.2, 0.25) is 5.02 Å². The van der Waals surface area contributed by atoms with Crippen LogP contribution in [0.15, 0.2) is 18.2 Å². The van der Waals surface area contributed by atoms with E-state index in [9.17, 15) is 8.42 Å². The van der Waals surface area contributed by atoms with Gasteiger partial charge < -0.3 is 10.6 Å². The predicted octanol–water partition coefficient (Wildman–Crippen LogP) is 1.25. The molecule has 1 aromatic rings. The summed E-state index contributed by atoms with van der Waals surface area (Å²) in [7, 11) is -1.14. The number of nitrogens with zero attached hydrogens (tertiary/aromatic N) is 1. The van der Waals surface area contributed by atoms with E-state index < -0.39 is 9.84 Å². The van der Waals surface area contributed by atoms with Crippen molar-refractivity contribution in [3.8, 4) is 0 Å². The van der Waals surface area contributed by atoms with E-state index in [1.807, 2.05) is 11.9 Å². The molecule has 2 rings (SSSR count). The molecule has 0 spiro atoms. The van der Waals surface area contributed by atoms with Gasteiger partial charge in [0, 0.05) is 18.8 Å². The maximum atomic E-state index is 11.5. The molecule has 1 aliphatic heterocycles. The summed E-state index contributed by atoms with van der Waals surface area (Å²) in [6, 6.07) is 5.14. The van der Waals surface area contributed by atoms with Gasteiger partial charge >= 0.3 is 0 Å². The van der Waals surface area contributed by atoms with Crippen molar-refractivity contribution >= 4 is 33.0 Å². The second-order valence-corrected chi connectivity index (χ2v) is 7.35. The Balaban J connectivity index is 2.37. The molecule has 1 unspecified atom stereocenters. The highest BCUT2D eigenvalue weighted by Gasteiger charge is 2.31. The number of sulfone groups is 1. The molecule has 0 bridgehead atoms. The number of amidine groups is 1. The monoisotopic (exact) mass is 301 g/mol. The third-order valence-electron chi connectivity index (χ3n) is 3.40. The summed E-state index contributed by atoms with van der Waals surface area (Å²) in [5.41, 5.74) is 6.71. The molecular weight excluding hydrogens is 286 g/mol. The van der Waals surface area contributed by atoms with E-state index in [1.165, 1.54) is 0 Å². The van der Waals surface area contributed by atoms with Gasteiger partial charge in [0.05, 0.1) is 22.1 Å². The first-order valence-corrected chi connectivity index (χ1v) is 8.08. The van der Waals surface area contributed by atoms with Crippen LogP contribution in [-0.2, 0) is 9.84 Å². The molecule has 0 radical (unpaired) electrons. The average Bonchev–Trinajstić information content (AvgIpc) is 2.68. The largest absolute Gasteiger partial charge is 0.384 e. The molecule has 7 heteroatoms. The van der Waals surface area contributed by atoms with E-state index in [0.717, 1.165) is 0 Å². The van der Waals surface area contributed by atoms with Crippen molar-refractivity contribution < 1.29 is 8.42 Å². The van der Waals surface area contributed by atoms with E-state index in [4.69, 9.17) is 22.7 Å². The number of nitrogen functional groups attached to an aromatic ring is 1. The maximum absolute atomic E-state index is 11.5. The zero-order chi connectivity index (χ0) is 14.2. The predicted molar refractivity (Wildman–Crippen MR) is 77.9 cm³/mol. The lowest BCUT2D eigenvalue weighted by molar-refractivity contribution is 0.601. The van der Waals surface area contributed by atoms with Gasteiger partial charge in [-0.1, -0.05) is 17.7 Å². The van der Waals surface area contributed by atoms with Gasteiger partial charge in [0.15, 0.2) is 9.84 Å². The molecule has 3 N–H and O–H groups in total. The van der Waals surface area contributed by atoms with Crippen LogP contribution < -0.4 is 10.6 Å². The summed E-state index contributed by atoms with van der Waals surface area (Å²) >= 11 is 6.07. The van der Waals surface area contributed by atoms with Crippen molar-refractivity contribution in [2.75, 3.05) is 23.5 Å². The van der Waals surface area contributed by atoms with Crippen molar-refractivity contribution in [1.82, 2.24) is 0 Å². The molecule has 0 aliphatic carbocycles. The molecular formula is C12H16ClN3O2S. The Labute approximate surface area is 117 Å². The Morgan fingerprint density at radius 1 is 1.53 bits per heavy atom. The topological polar surface area (TPSA) is 87.2 Å². The number of anilines is 1. The normalized spacial score (nSPS) is 21.3. The Kier molecular flexibility index (Phi) is 3.73. The van der Waals surface area contributed by atoms with E-state index in [1.54, 1.807) is 18.2 Å². The summed E-state index contributed by atoms with van der Waals surface area (Å²) in [5.74, 6) is 0.221. The molecule has 1 heterocycles. The summed E-state index contributed by atoms with van der Waals surface area (Å²) in [4.78, 5) is 1.85. The van der Waals surface area contributed by atoms with Crippen LogP contribution in [0, 0.1) is 5.41 Å². The summed E-state index contributed by atoms with van der Waals surface area (Å²) in [6.07, 6.45) is 0.586. The fraction of sp³-hybridized carbons (Fsp3) is 0.417. The molecule has 0 aromatic heterocycles. The lowest BCUT2D eigenvalue weighted by Gasteiger charge is -2.28. The van der Waals surface area contributed by atoms with Crippen LogP contribution in [0.5, 0.6) is 0 Å². The Hall–Kier alpha value is -1.27. The standard InChI is InChI=1S/C12H16ClN3O2S/c1-16(8-5-6-19(17,18)7-8)10-4-2-3-9(13)11(10)12(14)15/h2-4,8H,5-7H2,1H3,(H3,14,15). The van der Waals surface area contributed by atoms with Crippen LogP contribution in [-0.4, -0.2) is 38.8 Å². The second kappa shape index (κ2) is 5.02. The molecule has 1 saturated heterocycles. The second-order valence-electron chi connectivity index (χ2n) is 4.72. The van der Waals surface area contributed by atoms with Crippen LogP contribution in [0.3, 0.4) is 0 Å². The number of hydrogen-bond donors (Lipinski definition) is 2. The zero-order valence-corrected chi connectivity index (χ0v) is 12.1. The minimum absolute atomic E-state index is 0.0958. The van der Waals surface area contributed by atoms with Gasteiger partial charge in [-0.15, -0.1) is 0 Å². The van der Waals surface area contributed by atoms with Crippen molar-refractivity contribution in [3.63, 3.8) is 0 Å². The highest BCUT2D eigenvalue weighted by molar-refractivity contribution is 7.91. The molecule has 19 heavy (non-hydrogen) atoms. The maximum Gasteiger partial charge on any atom is 0.152 e. The van der Waals surface area contributed by atoms with Crippen LogP contribution in [0.1, 0.15) is 12.0 Å². The van der Waals surface area contributed by atoms with Gasteiger partial charge in [-0.3, -0.25) is 5.41 Å². The van der Waals surface area contributed by atoms with Crippen molar-refractivity contribution in [3.05, 3.63) is 28.8 Å². The Morgan fingerprint density at radius 3 is 2.74 bits per heavy atom.